The predicted octanol–water partition coefficient (Wildman–Crippen LogP) is 7.42. The van der Waals surface area contributed by atoms with Gasteiger partial charge in [-0.3, -0.25) is 0 Å². The fourth-order valence-corrected chi connectivity index (χ4v) is 4.47. The van der Waals surface area contributed by atoms with Gasteiger partial charge in [0.25, 0.3) is 0 Å². The molecule has 0 N–H and O–H groups in total. The fourth-order valence-electron chi connectivity index (χ4n) is 4.47. The first kappa shape index (κ1) is 24.5. The Bertz CT molecular complexity index is 1320. The molecular formula is C28H23F4NO2. The van der Waals surface area contributed by atoms with Crippen molar-refractivity contribution in [2.24, 2.45) is 0 Å². The van der Waals surface area contributed by atoms with Crippen molar-refractivity contribution in [2.75, 3.05) is 0 Å². The van der Waals surface area contributed by atoms with Crippen molar-refractivity contribution in [2.45, 2.75) is 51.9 Å². The number of esters is 1. The van der Waals surface area contributed by atoms with Crippen LogP contribution < -0.4 is 4.74 Å². The molecule has 1 aliphatic rings. The van der Waals surface area contributed by atoms with Gasteiger partial charge in [-0.25, -0.2) is 22.4 Å². The van der Waals surface area contributed by atoms with Crippen LogP contribution in [0.5, 0.6) is 5.75 Å². The summed E-state index contributed by atoms with van der Waals surface area (Å²) in [6.45, 7) is 2.16. The molecule has 3 aromatic rings. The predicted molar refractivity (Wildman–Crippen MR) is 123 cm³/mol. The Morgan fingerprint density at radius 3 is 2.34 bits per heavy atom. The van der Waals surface area contributed by atoms with Gasteiger partial charge in [-0.15, -0.1) is 0 Å². The number of benzene rings is 3. The van der Waals surface area contributed by atoms with Crippen molar-refractivity contribution in [1.82, 2.24) is 0 Å². The van der Waals surface area contributed by atoms with Crippen molar-refractivity contribution in [3.05, 3.63) is 87.5 Å². The molecule has 1 aliphatic carbocycles. The van der Waals surface area contributed by atoms with Crippen molar-refractivity contribution >= 4 is 5.97 Å². The lowest BCUT2D eigenvalue weighted by Crippen LogP contribution is -2.15. The average molecular weight is 481 g/mol. The SMILES string of the molecule is CCCCCCCc1ccc2c(c1)Cc1c-2cc(F)c(C(=O)Oc2cc(F)c(C#N)c(F)c2)c1F. The van der Waals surface area contributed by atoms with E-state index in [4.69, 9.17) is 10.00 Å². The summed E-state index contributed by atoms with van der Waals surface area (Å²) >= 11 is 0. The molecule has 3 aromatic carbocycles. The highest BCUT2D eigenvalue weighted by atomic mass is 19.1. The molecule has 0 aliphatic heterocycles. The van der Waals surface area contributed by atoms with Crippen LogP contribution in [0.2, 0.25) is 0 Å². The van der Waals surface area contributed by atoms with E-state index in [9.17, 15) is 18.0 Å². The molecule has 0 radical (unpaired) electrons. The summed E-state index contributed by atoms with van der Waals surface area (Å²) in [5.74, 6) is -6.71. The highest BCUT2D eigenvalue weighted by Crippen LogP contribution is 2.40. The van der Waals surface area contributed by atoms with Gasteiger partial charge in [0.05, 0.1) is 0 Å². The molecule has 35 heavy (non-hydrogen) atoms. The van der Waals surface area contributed by atoms with Gasteiger partial charge in [-0.1, -0.05) is 50.8 Å². The maximum atomic E-state index is 15.3. The van der Waals surface area contributed by atoms with Crippen molar-refractivity contribution in [3.8, 4) is 22.9 Å². The molecule has 0 bridgehead atoms. The van der Waals surface area contributed by atoms with Crippen molar-refractivity contribution < 1.29 is 27.1 Å². The molecule has 0 atom stereocenters. The molecule has 7 heteroatoms. The molecule has 0 unspecified atom stereocenters. The fraction of sp³-hybridized carbons (Fsp3) is 0.286. The zero-order chi connectivity index (χ0) is 25.1. The van der Waals surface area contributed by atoms with E-state index in [0.717, 1.165) is 36.5 Å². The minimum atomic E-state index is -1.42. The molecule has 3 nitrogen and oxygen atoms in total. The van der Waals surface area contributed by atoms with E-state index in [0.29, 0.717) is 23.3 Å². The number of carbonyl (C=O) groups excluding carboxylic acids is 1. The largest absolute Gasteiger partial charge is 0.423 e. The number of fused-ring (bicyclic) bond motifs is 3. The van der Waals surface area contributed by atoms with Crippen LogP contribution in [-0.4, -0.2) is 5.97 Å². The smallest absolute Gasteiger partial charge is 0.349 e. The Kier molecular flexibility index (Phi) is 7.20. The van der Waals surface area contributed by atoms with Gasteiger partial charge in [0, 0.05) is 24.1 Å². The Balaban J connectivity index is 1.56. The molecule has 0 saturated heterocycles. The molecule has 0 aromatic heterocycles. The van der Waals surface area contributed by atoms with E-state index >= 15 is 4.39 Å². The minimum absolute atomic E-state index is 0.172. The van der Waals surface area contributed by atoms with Crippen LogP contribution in [0.15, 0.2) is 36.4 Å². The molecule has 180 valence electrons. The maximum absolute atomic E-state index is 15.3. The zero-order valence-corrected chi connectivity index (χ0v) is 19.2. The number of ether oxygens (including phenoxy) is 1. The van der Waals surface area contributed by atoms with Crippen LogP contribution in [0.1, 0.15) is 71.6 Å². The number of halogens is 4. The number of hydrogen-bond acceptors (Lipinski definition) is 3. The zero-order valence-electron chi connectivity index (χ0n) is 19.2. The van der Waals surface area contributed by atoms with E-state index in [1.165, 1.54) is 25.3 Å². The summed E-state index contributed by atoms with van der Waals surface area (Å²) in [5.41, 5.74) is 1.45. The number of hydrogen-bond donors (Lipinski definition) is 0. The quantitative estimate of drug-likeness (QED) is 0.114. The number of rotatable bonds is 8. The highest BCUT2D eigenvalue weighted by Gasteiger charge is 2.30. The average Bonchev–Trinajstić information content (AvgIpc) is 3.17. The maximum Gasteiger partial charge on any atom is 0.349 e. The lowest BCUT2D eigenvalue weighted by molar-refractivity contribution is 0.0723. The van der Waals surface area contributed by atoms with Gasteiger partial charge in [-0.2, -0.15) is 5.26 Å². The molecule has 0 heterocycles. The molecule has 0 amide bonds. The van der Waals surface area contributed by atoms with E-state index in [2.05, 4.69) is 6.92 Å². The van der Waals surface area contributed by atoms with Crippen LogP contribution in [0.3, 0.4) is 0 Å². The monoisotopic (exact) mass is 481 g/mol. The second-order valence-electron chi connectivity index (χ2n) is 8.67. The summed E-state index contributed by atoms with van der Waals surface area (Å²) in [5, 5.41) is 8.74. The van der Waals surface area contributed by atoms with Crippen LogP contribution in [0.4, 0.5) is 17.6 Å². The molecular weight excluding hydrogens is 458 g/mol. The number of nitriles is 1. The molecule has 4 rings (SSSR count). The van der Waals surface area contributed by atoms with Gasteiger partial charge in [-0.05, 0) is 41.2 Å². The lowest BCUT2D eigenvalue weighted by Gasteiger charge is -2.10. The van der Waals surface area contributed by atoms with Gasteiger partial charge in [0.15, 0.2) is 0 Å². The first-order valence-electron chi connectivity index (χ1n) is 11.6. The first-order chi connectivity index (χ1) is 16.8. The highest BCUT2D eigenvalue weighted by molar-refractivity contribution is 5.94. The summed E-state index contributed by atoms with van der Waals surface area (Å²) < 4.78 is 62.6. The second-order valence-corrected chi connectivity index (χ2v) is 8.67. The standard InChI is InChI=1S/C28H23F4NO2/c1-2-3-4-5-6-7-16-8-9-19-17(10-16)11-21-20(19)14-25(31)26(27(21)32)28(34)35-18-12-23(29)22(15-33)24(30)13-18/h8-10,12-14H,2-7,11H2,1H3. The third kappa shape index (κ3) is 4.93. The number of aryl methyl sites for hydroxylation is 1. The van der Waals surface area contributed by atoms with Crippen LogP contribution in [-0.2, 0) is 12.8 Å². The van der Waals surface area contributed by atoms with Crippen LogP contribution in [0.25, 0.3) is 11.1 Å². The topological polar surface area (TPSA) is 50.1 Å². The Morgan fingerprint density at radius 1 is 0.943 bits per heavy atom. The molecule has 0 fully saturated rings. The molecule has 0 spiro atoms. The van der Waals surface area contributed by atoms with Crippen molar-refractivity contribution in [3.63, 3.8) is 0 Å². The van der Waals surface area contributed by atoms with Gasteiger partial charge in [0.2, 0.25) is 0 Å². The third-order valence-corrected chi connectivity index (χ3v) is 6.26. The Labute approximate surface area is 201 Å². The summed E-state index contributed by atoms with van der Waals surface area (Å²) in [6.07, 6.45) is 6.88. The van der Waals surface area contributed by atoms with Gasteiger partial charge >= 0.3 is 5.97 Å². The van der Waals surface area contributed by atoms with E-state index in [1.807, 2.05) is 18.2 Å². The lowest BCUT2D eigenvalue weighted by atomic mass is 9.99. The van der Waals surface area contributed by atoms with E-state index in [1.54, 1.807) is 0 Å². The van der Waals surface area contributed by atoms with Crippen LogP contribution >= 0.6 is 0 Å². The van der Waals surface area contributed by atoms with E-state index < -0.39 is 46.1 Å². The summed E-state index contributed by atoms with van der Waals surface area (Å²) in [6, 6.07) is 9.46. The van der Waals surface area contributed by atoms with E-state index in [-0.39, 0.29) is 12.0 Å². The third-order valence-electron chi connectivity index (χ3n) is 6.26. The Morgan fingerprint density at radius 2 is 1.66 bits per heavy atom. The number of unbranched alkanes of at least 4 members (excludes halogenated alkanes) is 4. The summed E-state index contributed by atoms with van der Waals surface area (Å²) in [4.78, 5) is 12.5. The first-order valence-corrected chi connectivity index (χ1v) is 11.6. The van der Waals surface area contributed by atoms with Gasteiger partial charge < -0.3 is 4.74 Å². The van der Waals surface area contributed by atoms with Crippen LogP contribution in [0, 0.1) is 34.6 Å². The second kappa shape index (κ2) is 10.3. The summed E-state index contributed by atoms with van der Waals surface area (Å²) in [7, 11) is 0. The normalized spacial score (nSPS) is 11.7. The molecule has 0 saturated carbocycles. The minimum Gasteiger partial charge on any atom is -0.423 e. The van der Waals surface area contributed by atoms with Crippen molar-refractivity contribution in [1.29, 1.82) is 5.26 Å². The number of carbonyl (C=O) groups is 1. The number of nitrogens with zero attached hydrogens (tertiary/aromatic N) is 1. The Hall–Kier alpha value is -3.66. The van der Waals surface area contributed by atoms with Gasteiger partial charge in [0.1, 0.15) is 46.2 Å².